The minimum Gasteiger partial charge on any atom is -0.457 e. The first kappa shape index (κ1) is 26.7. The highest BCUT2D eigenvalue weighted by molar-refractivity contribution is 6.30. The van der Waals surface area contributed by atoms with Gasteiger partial charge in [0.25, 0.3) is 0 Å². The number of nitrogens with zero attached hydrogens (tertiary/aromatic N) is 1. The lowest BCUT2D eigenvalue weighted by Gasteiger charge is -2.52. The van der Waals surface area contributed by atoms with Crippen molar-refractivity contribution in [3.05, 3.63) is 52.9 Å². The van der Waals surface area contributed by atoms with Gasteiger partial charge in [-0.25, -0.2) is 0 Å². The monoisotopic (exact) mass is 501 g/mol. The van der Waals surface area contributed by atoms with Crippen LogP contribution in [-0.2, 0) is 20.9 Å². The molecule has 0 unspecified atom stereocenters. The van der Waals surface area contributed by atoms with E-state index < -0.39 is 11.7 Å². The van der Waals surface area contributed by atoms with Crippen LogP contribution in [-0.4, -0.2) is 53.4 Å². The van der Waals surface area contributed by atoms with Gasteiger partial charge in [-0.05, 0) is 73.6 Å². The molecule has 2 radical (unpaired) electrons. The molecule has 1 N–H and O–H groups in total. The van der Waals surface area contributed by atoms with Crippen LogP contribution < -0.4 is 0 Å². The quantitative estimate of drug-likeness (QED) is 0.404. The number of halogens is 1. The molecule has 35 heavy (non-hydrogen) atoms. The number of hydrogen-bond donors (Lipinski definition) is 1. The van der Waals surface area contributed by atoms with Crippen LogP contribution in [0, 0.1) is 30.1 Å². The fourth-order valence-corrected chi connectivity index (χ4v) is 6.33. The second kappa shape index (κ2) is 11.3. The second-order valence-electron chi connectivity index (χ2n) is 11.0. The number of esters is 1. The Hall–Kier alpha value is -1.40. The third-order valence-electron chi connectivity index (χ3n) is 8.37. The molecular formula is C29H40ClNO4. The van der Waals surface area contributed by atoms with Gasteiger partial charge >= 0.3 is 5.97 Å². The Balaban J connectivity index is 1.31. The van der Waals surface area contributed by atoms with Gasteiger partial charge in [0.15, 0.2) is 0 Å². The Morgan fingerprint density at radius 1 is 1.23 bits per heavy atom. The van der Waals surface area contributed by atoms with Gasteiger partial charge < -0.3 is 19.5 Å². The zero-order valence-electron chi connectivity index (χ0n) is 21.5. The van der Waals surface area contributed by atoms with Gasteiger partial charge in [0.1, 0.15) is 6.10 Å². The number of fused-ring (bicyclic) bond motifs is 1. The lowest BCUT2D eigenvalue weighted by molar-refractivity contribution is -0.148. The molecule has 0 aromatic heterocycles. The number of aliphatic hydroxyl groups is 1. The number of ether oxygens (including phenoxy) is 2. The van der Waals surface area contributed by atoms with Crippen LogP contribution in [0.4, 0.5) is 0 Å². The minimum atomic E-state index is -1.06. The summed E-state index contributed by atoms with van der Waals surface area (Å²) in [5.41, 5.74) is 1.07. The van der Waals surface area contributed by atoms with Crippen LogP contribution in [0.15, 0.2) is 35.9 Å². The Labute approximate surface area is 215 Å². The predicted molar refractivity (Wildman–Crippen MR) is 138 cm³/mol. The van der Waals surface area contributed by atoms with Gasteiger partial charge in [0, 0.05) is 37.5 Å². The summed E-state index contributed by atoms with van der Waals surface area (Å²) in [7, 11) is 0. The van der Waals surface area contributed by atoms with E-state index in [1.165, 1.54) is 6.92 Å². The average Bonchev–Trinajstić information content (AvgIpc) is 2.81. The van der Waals surface area contributed by atoms with Crippen molar-refractivity contribution < 1.29 is 19.4 Å². The molecule has 6 atom stereocenters. The first-order valence-corrected chi connectivity index (χ1v) is 13.5. The van der Waals surface area contributed by atoms with Gasteiger partial charge in [0.2, 0.25) is 0 Å². The van der Waals surface area contributed by atoms with Crippen molar-refractivity contribution in [3.8, 4) is 0 Å². The summed E-state index contributed by atoms with van der Waals surface area (Å²) in [4.78, 5) is 14.1. The van der Waals surface area contributed by atoms with Gasteiger partial charge in [-0.2, -0.15) is 0 Å². The van der Waals surface area contributed by atoms with E-state index in [2.05, 4.69) is 31.2 Å². The lowest BCUT2D eigenvalue weighted by Crippen LogP contribution is -2.56. The highest BCUT2D eigenvalue weighted by Crippen LogP contribution is 2.51. The van der Waals surface area contributed by atoms with Gasteiger partial charge in [-0.15, -0.1) is 0 Å². The van der Waals surface area contributed by atoms with Crippen molar-refractivity contribution in [1.82, 2.24) is 4.90 Å². The molecule has 4 rings (SSSR count). The SMILES string of the molecule is CC(=O)O[C@@H]1[C][C@@]2(O)[C@H](C)CC[C@@H]([C@H](C)CN3CCC(OCc4ccc(Cl)cc4)CC3)[C@H]2C=C1C. The smallest absolute Gasteiger partial charge is 0.303 e. The van der Waals surface area contributed by atoms with Crippen molar-refractivity contribution in [2.75, 3.05) is 19.6 Å². The van der Waals surface area contributed by atoms with E-state index in [9.17, 15) is 9.90 Å². The van der Waals surface area contributed by atoms with E-state index in [0.717, 1.165) is 61.5 Å². The zero-order chi connectivity index (χ0) is 25.2. The summed E-state index contributed by atoms with van der Waals surface area (Å²) in [5.74, 6) is 0.573. The molecule has 0 amide bonds. The summed E-state index contributed by atoms with van der Waals surface area (Å²) in [6.07, 6.45) is 9.33. The molecule has 0 spiro atoms. The molecular weight excluding hydrogens is 462 g/mol. The Morgan fingerprint density at radius 3 is 2.57 bits per heavy atom. The molecule has 2 aliphatic carbocycles. The highest BCUT2D eigenvalue weighted by atomic mass is 35.5. The largest absolute Gasteiger partial charge is 0.457 e. The molecule has 1 aromatic rings. The molecule has 1 aliphatic heterocycles. The van der Waals surface area contributed by atoms with E-state index in [1.807, 2.05) is 31.2 Å². The van der Waals surface area contributed by atoms with Crippen LogP contribution in [0.25, 0.3) is 0 Å². The molecule has 0 bridgehead atoms. The summed E-state index contributed by atoms with van der Waals surface area (Å²) in [6, 6.07) is 7.87. The van der Waals surface area contributed by atoms with E-state index in [0.29, 0.717) is 24.5 Å². The van der Waals surface area contributed by atoms with E-state index in [4.69, 9.17) is 21.1 Å². The Kier molecular flexibility index (Phi) is 8.63. The normalized spacial score (nSPS) is 33.0. The minimum absolute atomic E-state index is 0.00769. The van der Waals surface area contributed by atoms with Crippen molar-refractivity contribution in [1.29, 1.82) is 0 Å². The second-order valence-corrected chi connectivity index (χ2v) is 11.4. The number of likely N-dealkylation sites (tertiary alicyclic amines) is 1. The summed E-state index contributed by atoms with van der Waals surface area (Å²) in [6.45, 7) is 11.5. The van der Waals surface area contributed by atoms with Crippen LogP contribution in [0.3, 0.4) is 0 Å². The van der Waals surface area contributed by atoms with E-state index in [1.54, 1.807) is 0 Å². The number of carbonyl (C=O) groups is 1. The van der Waals surface area contributed by atoms with Crippen LogP contribution in [0.5, 0.6) is 0 Å². The van der Waals surface area contributed by atoms with Gasteiger partial charge in [-0.3, -0.25) is 4.79 Å². The summed E-state index contributed by atoms with van der Waals surface area (Å²) >= 11 is 5.97. The standard InChI is InChI=1S/C29H40ClNO4/c1-19-15-27-26(10-5-21(3)29(27,33)16-28(19)35-22(4)32)20(2)17-31-13-11-25(12-14-31)34-18-23-6-8-24(30)9-7-23/h6-9,15,20-21,25-28,33H,5,10-14,17-18H2,1-4H3/t20-,21-,26+,27-,28-,29-/m1/s1. The fraction of sp³-hybridized carbons (Fsp3) is 0.655. The van der Waals surface area contributed by atoms with Crippen molar-refractivity contribution in [2.24, 2.45) is 23.7 Å². The van der Waals surface area contributed by atoms with E-state index in [-0.39, 0.29) is 17.8 Å². The summed E-state index contributed by atoms with van der Waals surface area (Å²) in [5, 5.41) is 12.5. The lowest BCUT2D eigenvalue weighted by atomic mass is 9.57. The molecule has 1 heterocycles. The van der Waals surface area contributed by atoms with E-state index >= 15 is 0 Å². The number of piperidine rings is 1. The number of benzene rings is 1. The third-order valence-corrected chi connectivity index (χ3v) is 8.62. The summed E-state index contributed by atoms with van der Waals surface area (Å²) < 4.78 is 11.6. The molecule has 2 fully saturated rings. The maximum Gasteiger partial charge on any atom is 0.303 e. The number of carbonyl (C=O) groups excluding carboxylic acids is 1. The first-order valence-electron chi connectivity index (χ1n) is 13.1. The first-order chi connectivity index (χ1) is 16.7. The highest BCUT2D eigenvalue weighted by Gasteiger charge is 2.53. The fourth-order valence-electron chi connectivity index (χ4n) is 6.20. The Bertz CT molecular complexity index is 894. The average molecular weight is 502 g/mol. The van der Waals surface area contributed by atoms with Crippen molar-refractivity contribution in [2.45, 2.75) is 77.8 Å². The Morgan fingerprint density at radius 2 is 1.91 bits per heavy atom. The van der Waals surface area contributed by atoms with Crippen LogP contribution in [0.1, 0.15) is 58.9 Å². The maximum atomic E-state index is 11.7. The topological polar surface area (TPSA) is 59.0 Å². The van der Waals surface area contributed by atoms with Gasteiger partial charge in [-0.1, -0.05) is 43.7 Å². The third kappa shape index (κ3) is 6.30. The molecule has 6 heteroatoms. The number of rotatable bonds is 7. The molecule has 1 saturated heterocycles. The van der Waals surface area contributed by atoms with Crippen molar-refractivity contribution >= 4 is 17.6 Å². The van der Waals surface area contributed by atoms with Crippen LogP contribution >= 0.6 is 11.6 Å². The molecule has 5 nitrogen and oxygen atoms in total. The molecule has 3 aliphatic rings. The van der Waals surface area contributed by atoms with Crippen LogP contribution in [0.2, 0.25) is 5.02 Å². The number of hydrogen-bond acceptors (Lipinski definition) is 5. The van der Waals surface area contributed by atoms with Crippen molar-refractivity contribution in [3.63, 3.8) is 0 Å². The molecule has 1 aromatic carbocycles. The zero-order valence-corrected chi connectivity index (χ0v) is 22.3. The maximum absolute atomic E-state index is 11.7. The van der Waals surface area contributed by atoms with Gasteiger partial charge in [0.05, 0.1) is 24.7 Å². The molecule has 192 valence electrons. The predicted octanol–water partition coefficient (Wildman–Crippen LogP) is 5.32. The molecule has 1 saturated carbocycles.